The maximum atomic E-state index is 4.45. The van der Waals surface area contributed by atoms with Crippen LogP contribution >= 0.6 is 27.3 Å². The standard InChI is InChI=1S/C13H18BrN5S/c1-3-5-15-13-18-7-10(14)12(19-13)17-8-11-16-6-9(4-2)20-11/h6-7H,3-5,8H2,1-2H3,(H2,15,17,18,19). The van der Waals surface area contributed by atoms with E-state index in [-0.39, 0.29) is 0 Å². The summed E-state index contributed by atoms with van der Waals surface area (Å²) in [5.41, 5.74) is 0. The molecule has 0 amide bonds. The van der Waals surface area contributed by atoms with E-state index in [1.807, 2.05) is 6.20 Å². The van der Waals surface area contributed by atoms with Gasteiger partial charge in [-0.1, -0.05) is 13.8 Å². The first-order valence-electron chi connectivity index (χ1n) is 6.66. The van der Waals surface area contributed by atoms with Crippen LogP contribution < -0.4 is 10.6 Å². The van der Waals surface area contributed by atoms with Gasteiger partial charge in [0.25, 0.3) is 0 Å². The number of nitrogens with one attached hydrogen (secondary N) is 2. The van der Waals surface area contributed by atoms with Crippen molar-refractivity contribution in [1.82, 2.24) is 15.0 Å². The number of hydrogen-bond donors (Lipinski definition) is 2. The zero-order chi connectivity index (χ0) is 14.4. The van der Waals surface area contributed by atoms with Crippen molar-refractivity contribution < 1.29 is 0 Å². The van der Waals surface area contributed by atoms with E-state index in [4.69, 9.17) is 0 Å². The highest BCUT2D eigenvalue weighted by Crippen LogP contribution is 2.22. The van der Waals surface area contributed by atoms with Crippen LogP contribution in [0, 0.1) is 0 Å². The molecule has 5 nitrogen and oxygen atoms in total. The van der Waals surface area contributed by atoms with Gasteiger partial charge >= 0.3 is 0 Å². The molecule has 20 heavy (non-hydrogen) atoms. The van der Waals surface area contributed by atoms with Gasteiger partial charge in [0.15, 0.2) is 0 Å². The van der Waals surface area contributed by atoms with Crippen LogP contribution in [0.4, 0.5) is 11.8 Å². The van der Waals surface area contributed by atoms with Crippen LogP contribution in [0.2, 0.25) is 0 Å². The van der Waals surface area contributed by atoms with Gasteiger partial charge in [-0.2, -0.15) is 4.98 Å². The Hall–Kier alpha value is -1.21. The summed E-state index contributed by atoms with van der Waals surface area (Å²) in [6.45, 7) is 5.79. The van der Waals surface area contributed by atoms with Crippen molar-refractivity contribution >= 4 is 39.0 Å². The summed E-state index contributed by atoms with van der Waals surface area (Å²) in [6, 6.07) is 0. The Morgan fingerprint density at radius 2 is 2.05 bits per heavy atom. The highest BCUT2D eigenvalue weighted by Gasteiger charge is 2.06. The second-order valence-corrected chi connectivity index (χ2v) is 6.30. The van der Waals surface area contributed by atoms with Crippen molar-refractivity contribution in [3.63, 3.8) is 0 Å². The number of rotatable bonds is 7. The van der Waals surface area contributed by atoms with E-state index < -0.39 is 0 Å². The van der Waals surface area contributed by atoms with Gasteiger partial charge in [-0.15, -0.1) is 11.3 Å². The van der Waals surface area contributed by atoms with Crippen molar-refractivity contribution in [2.45, 2.75) is 33.2 Å². The van der Waals surface area contributed by atoms with E-state index in [0.717, 1.165) is 34.7 Å². The summed E-state index contributed by atoms with van der Waals surface area (Å²) in [5, 5.41) is 7.54. The molecule has 2 rings (SSSR count). The van der Waals surface area contributed by atoms with E-state index in [2.05, 4.69) is 55.4 Å². The Morgan fingerprint density at radius 1 is 1.20 bits per heavy atom. The number of anilines is 2. The number of aryl methyl sites for hydroxylation is 1. The molecule has 2 aromatic heterocycles. The molecule has 7 heteroatoms. The SMILES string of the molecule is CCCNc1ncc(Br)c(NCc2ncc(CC)s2)n1. The minimum absolute atomic E-state index is 0.644. The quantitative estimate of drug-likeness (QED) is 0.792. The molecule has 0 aromatic carbocycles. The first-order valence-corrected chi connectivity index (χ1v) is 8.27. The molecule has 0 radical (unpaired) electrons. The molecule has 108 valence electrons. The van der Waals surface area contributed by atoms with Crippen LogP contribution in [-0.2, 0) is 13.0 Å². The Bertz CT molecular complexity index is 557. The molecule has 2 aromatic rings. The lowest BCUT2D eigenvalue weighted by molar-refractivity contribution is 0.948. The zero-order valence-electron chi connectivity index (χ0n) is 11.6. The van der Waals surface area contributed by atoms with Crippen LogP contribution in [0.25, 0.3) is 0 Å². The predicted octanol–water partition coefficient (Wildman–Crippen LogP) is 3.69. The summed E-state index contributed by atoms with van der Waals surface area (Å²) in [5.74, 6) is 1.43. The fraction of sp³-hybridized carbons (Fsp3) is 0.462. The Morgan fingerprint density at radius 3 is 2.75 bits per heavy atom. The van der Waals surface area contributed by atoms with E-state index in [9.17, 15) is 0 Å². The molecule has 0 aliphatic carbocycles. The molecule has 0 unspecified atom stereocenters. The van der Waals surface area contributed by atoms with Gasteiger partial charge in [0, 0.05) is 23.8 Å². The summed E-state index contributed by atoms with van der Waals surface area (Å²) < 4.78 is 0.854. The lowest BCUT2D eigenvalue weighted by atomic mass is 10.4. The summed E-state index contributed by atoms with van der Waals surface area (Å²) in [6.07, 6.45) is 5.76. The minimum atomic E-state index is 0.644. The predicted molar refractivity (Wildman–Crippen MR) is 87.3 cm³/mol. The Labute approximate surface area is 131 Å². The van der Waals surface area contributed by atoms with Crippen LogP contribution in [0.1, 0.15) is 30.2 Å². The van der Waals surface area contributed by atoms with Gasteiger partial charge in [0.1, 0.15) is 10.8 Å². The molecule has 0 aliphatic rings. The monoisotopic (exact) mass is 355 g/mol. The lowest BCUT2D eigenvalue weighted by Gasteiger charge is -2.08. The highest BCUT2D eigenvalue weighted by molar-refractivity contribution is 9.10. The number of aromatic nitrogens is 3. The topological polar surface area (TPSA) is 62.7 Å². The Balaban J connectivity index is 2.00. The van der Waals surface area contributed by atoms with Crippen LogP contribution in [0.5, 0.6) is 0 Å². The molecule has 0 spiro atoms. The van der Waals surface area contributed by atoms with Crippen molar-refractivity contribution in [2.24, 2.45) is 0 Å². The van der Waals surface area contributed by atoms with Crippen molar-refractivity contribution in [1.29, 1.82) is 0 Å². The first kappa shape index (κ1) is 15.2. The van der Waals surface area contributed by atoms with Crippen LogP contribution in [0.3, 0.4) is 0 Å². The number of nitrogens with zero attached hydrogens (tertiary/aromatic N) is 3. The first-order chi connectivity index (χ1) is 9.72. The highest BCUT2D eigenvalue weighted by atomic mass is 79.9. The molecule has 0 fully saturated rings. The molecule has 0 saturated heterocycles. The second-order valence-electron chi connectivity index (χ2n) is 4.24. The largest absolute Gasteiger partial charge is 0.362 e. The van der Waals surface area contributed by atoms with E-state index in [1.165, 1.54) is 4.88 Å². The van der Waals surface area contributed by atoms with E-state index in [0.29, 0.717) is 12.5 Å². The van der Waals surface area contributed by atoms with Gasteiger partial charge in [-0.05, 0) is 28.8 Å². The molecule has 0 bridgehead atoms. The number of halogens is 1. The van der Waals surface area contributed by atoms with Gasteiger partial charge < -0.3 is 10.6 Å². The zero-order valence-corrected chi connectivity index (χ0v) is 14.0. The van der Waals surface area contributed by atoms with Crippen molar-refractivity contribution in [3.8, 4) is 0 Å². The smallest absolute Gasteiger partial charge is 0.224 e. The maximum absolute atomic E-state index is 4.45. The number of thiazole rings is 1. The van der Waals surface area contributed by atoms with E-state index >= 15 is 0 Å². The Kier molecular flexibility index (Phi) is 5.72. The molecular weight excluding hydrogens is 338 g/mol. The van der Waals surface area contributed by atoms with Crippen molar-refractivity contribution in [3.05, 3.63) is 26.8 Å². The molecular formula is C13H18BrN5S. The average Bonchev–Trinajstić information content (AvgIpc) is 2.93. The third-order valence-electron chi connectivity index (χ3n) is 2.63. The second kappa shape index (κ2) is 7.54. The fourth-order valence-electron chi connectivity index (χ4n) is 1.57. The normalized spacial score (nSPS) is 10.6. The van der Waals surface area contributed by atoms with Crippen molar-refractivity contribution in [2.75, 3.05) is 17.2 Å². The van der Waals surface area contributed by atoms with Gasteiger partial charge in [0.05, 0.1) is 11.0 Å². The number of hydrogen-bond acceptors (Lipinski definition) is 6. The maximum Gasteiger partial charge on any atom is 0.224 e. The van der Waals surface area contributed by atoms with Gasteiger partial charge in [-0.25, -0.2) is 9.97 Å². The van der Waals surface area contributed by atoms with Crippen LogP contribution in [0.15, 0.2) is 16.9 Å². The summed E-state index contributed by atoms with van der Waals surface area (Å²) in [4.78, 5) is 14.4. The molecule has 2 N–H and O–H groups in total. The third kappa shape index (κ3) is 4.14. The third-order valence-corrected chi connectivity index (χ3v) is 4.36. The summed E-state index contributed by atoms with van der Waals surface area (Å²) in [7, 11) is 0. The van der Waals surface area contributed by atoms with Gasteiger partial charge in [0.2, 0.25) is 5.95 Å². The fourth-order valence-corrected chi connectivity index (χ4v) is 2.70. The molecule has 0 aliphatic heterocycles. The summed E-state index contributed by atoms with van der Waals surface area (Å²) >= 11 is 5.19. The van der Waals surface area contributed by atoms with Gasteiger partial charge in [-0.3, -0.25) is 0 Å². The molecule has 0 atom stereocenters. The minimum Gasteiger partial charge on any atom is -0.362 e. The molecule has 2 heterocycles. The van der Waals surface area contributed by atoms with Crippen LogP contribution in [-0.4, -0.2) is 21.5 Å². The molecule has 0 saturated carbocycles. The average molecular weight is 356 g/mol. The van der Waals surface area contributed by atoms with E-state index in [1.54, 1.807) is 17.5 Å². The lowest BCUT2D eigenvalue weighted by Crippen LogP contribution is -2.08.